The van der Waals surface area contributed by atoms with E-state index in [0.29, 0.717) is 12.6 Å². The van der Waals surface area contributed by atoms with Crippen LogP contribution in [0, 0.1) is 5.82 Å². The van der Waals surface area contributed by atoms with Crippen molar-refractivity contribution in [3.8, 4) is 11.3 Å². The maximum atomic E-state index is 13.6. The molecule has 1 saturated heterocycles. The molecule has 0 spiro atoms. The van der Waals surface area contributed by atoms with Crippen molar-refractivity contribution in [2.75, 3.05) is 38.7 Å². The lowest BCUT2D eigenvalue weighted by molar-refractivity contribution is -0.0349. The first-order chi connectivity index (χ1) is 14.1. The number of ether oxygens (including phenoxy) is 1. The minimum Gasteiger partial charge on any atom is -0.369 e. The van der Waals surface area contributed by atoms with Gasteiger partial charge in [0.25, 0.3) is 0 Å². The van der Waals surface area contributed by atoms with Gasteiger partial charge in [-0.2, -0.15) is 0 Å². The molecule has 4 rings (SSSR count). The zero-order chi connectivity index (χ0) is 20.2. The monoisotopic (exact) mass is 393 g/mol. The molecule has 29 heavy (non-hydrogen) atoms. The van der Waals surface area contributed by atoms with Gasteiger partial charge in [0.15, 0.2) is 0 Å². The second-order valence-electron chi connectivity index (χ2n) is 7.34. The second-order valence-corrected chi connectivity index (χ2v) is 7.34. The van der Waals surface area contributed by atoms with Crippen molar-refractivity contribution >= 4 is 5.95 Å². The van der Waals surface area contributed by atoms with Gasteiger partial charge in [0.05, 0.1) is 18.0 Å². The van der Waals surface area contributed by atoms with Crippen molar-refractivity contribution in [3.05, 3.63) is 71.9 Å². The molecule has 1 atom stereocenters. The van der Waals surface area contributed by atoms with Crippen molar-refractivity contribution in [1.29, 1.82) is 0 Å². The summed E-state index contributed by atoms with van der Waals surface area (Å²) in [5.41, 5.74) is 3.43. The summed E-state index contributed by atoms with van der Waals surface area (Å²) in [5.74, 6) is 0.435. The van der Waals surface area contributed by atoms with E-state index in [0.717, 1.165) is 42.1 Å². The van der Waals surface area contributed by atoms with Crippen LogP contribution >= 0.6 is 0 Å². The molecule has 150 valence electrons. The first kappa shape index (κ1) is 19.4. The average Bonchev–Trinajstić information content (AvgIpc) is 2.74. The fraction of sp³-hybridized carbons (Fsp3) is 0.318. The van der Waals surface area contributed by atoms with E-state index in [1.54, 1.807) is 6.07 Å². The topological polar surface area (TPSA) is 54.4 Å². The van der Waals surface area contributed by atoms with E-state index in [-0.39, 0.29) is 11.9 Å². The third-order valence-electron chi connectivity index (χ3n) is 4.87. The highest BCUT2D eigenvalue weighted by Gasteiger charge is 2.23. The molecule has 0 amide bonds. The van der Waals surface area contributed by atoms with Crippen LogP contribution in [0.5, 0.6) is 0 Å². The van der Waals surface area contributed by atoms with Gasteiger partial charge >= 0.3 is 0 Å². The zero-order valence-corrected chi connectivity index (χ0v) is 16.6. The minimum absolute atomic E-state index is 0.126. The SMILES string of the molecule is CN(C)c1ncc(CN2CCOC(c3cccc(-c4cccc(F)c4)n3)C2)cn1. The molecule has 7 heteroatoms. The molecule has 3 aromatic rings. The number of anilines is 1. The van der Waals surface area contributed by atoms with Gasteiger partial charge in [0, 0.05) is 57.3 Å². The Labute approximate surface area is 170 Å². The van der Waals surface area contributed by atoms with Crippen molar-refractivity contribution in [2.45, 2.75) is 12.6 Å². The normalized spacial score (nSPS) is 17.3. The van der Waals surface area contributed by atoms with Gasteiger partial charge in [0.1, 0.15) is 11.9 Å². The van der Waals surface area contributed by atoms with Crippen molar-refractivity contribution in [2.24, 2.45) is 0 Å². The first-order valence-corrected chi connectivity index (χ1v) is 9.63. The Kier molecular flexibility index (Phi) is 5.78. The summed E-state index contributed by atoms with van der Waals surface area (Å²) in [6.07, 6.45) is 3.62. The smallest absolute Gasteiger partial charge is 0.224 e. The Hall–Kier alpha value is -2.90. The number of hydrogen-bond donors (Lipinski definition) is 0. The van der Waals surface area contributed by atoms with E-state index in [1.807, 2.05) is 55.7 Å². The molecule has 1 fully saturated rings. The second kappa shape index (κ2) is 8.63. The molecule has 1 aromatic carbocycles. The van der Waals surface area contributed by atoms with Crippen LogP contribution in [-0.4, -0.2) is 53.6 Å². The predicted molar refractivity (Wildman–Crippen MR) is 110 cm³/mol. The molecule has 0 aliphatic carbocycles. The standard InChI is InChI=1S/C22H24FN5O/c1-27(2)22-24-12-16(13-25-22)14-28-9-10-29-21(15-28)20-8-4-7-19(26-20)17-5-3-6-18(23)11-17/h3-8,11-13,21H,9-10,14-15H2,1-2H3. The number of nitrogens with zero attached hydrogens (tertiary/aromatic N) is 5. The summed E-state index contributed by atoms with van der Waals surface area (Å²) in [6, 6.07) is 12.3. The molecule has 1 aliphatic rings. The van der Waals surface area contributed by atoms with E-state index < -0.39 is 0 Å². The highest BCUT2D eigenvalue weighted by Crippen LogP contribution is 2.25. The van der Waals surface area contributed by atoms with Crippen LogP contribution < -0.4 is 4.90 Å². The number of morpholine rings is 1. The molecular weight excluding hydrogens is 369 g/mol. The molecule has 6 nitrogen and oxygen atoms in total. The molecule has 0 saturated carbocycles. The summed E-state index contributed by atoms with van der Waals surface area (Å²) in [6.45, 7) is 2.97. The van der Waals surface area contributed by atoms with Gasteiger partial charge in [-0.1, -0.05) is 18.2 Å². The number of aromatic nitrogens is 3. The summed E-state index contributed by atoms with van der Waals surface area (Å²) in [4.78, 5) is 17.7. The van der Waals surface area contributed by atoms with Gasteiger partial charge < -0.3 is 9.64 Å². The van der Waals surface area contributed by atoms with Gasteiger partial charge in [-0.3, -0.25) is 9.88 Å². The summed E-state index contributed by atoms with van der Waals surface area (Å²) >= 11 is 0. The van der Waals surface area contributed by atoms with E-state index in [9.17, 15) is 4.39 Å². The number of hydrogen-bond acceptors (Lipinski definition) is 6. The van der Waals surface area contributed by atoms with Crippen LogP contribution in [0.2, 0.25) is 0 Å². The minimum atomic E-state index is -0.266. The maximum absolute atomic E-state index is 13.6. The van der Waals surface area contributed by atoms with Gasteiger partial charge in [-0.15, -0.1) is 0 Å². The highest BCUT2D eigenvalue weighted by molar-refractivity contribution is 5.59. The van der Waals surface area contributed by atoms with Crippen LogP contribution in [0.1, 0.15) is 17.4 Å². The van der Waals surface area contributed by atoms with Crippen LogP contribution in [0.3, 0.4) is 0 Å². The molecule has 0 radical (unpaired) electrons. The Morgan fingerprint density at radius 2 is 1.93 bits per heavy atom. The summed E-state index contributed by atoms with van der Waals surface area (Å²) < 4.78 is 19.5. The third-order valence-corrected chi connectivity index (χ3v) is 4.87. The van der Waals surface area contributed by atoms with Crippen molar-refractivity contribution in [1.82, 2.24) is 19.9 Å². The lowest BCUT2D eigenvalue weighted by Crippen LogP contribution is -2.38. The quantitative estimate of drug-likeness (QED) is 0.663. The lowest BCUT2D eigenvalue weighted by atomic mass is 10.1. The molecule has 1 aliphatic heterocycles. The lowest BCUT2D eigenvalue weighted by Gasteiger charge is -2.32. The number of benzene rings is 1. The number of pyridine rings is 1. The van der Waals surface area contributed by atoms with Crippen molar-refractivity contribution in [3.63, 3.8) is 0 Å². The average molecular weight is 393 g/mol. The van der Waals surface area contributed by atoms with Gasteiger partial charge in [0.2, 0.25) is 5.95 Å². The fourth-order valence-corrected chi connectivity index (χ4v) is 3.38. The Morgan fingerprint density at radius 3 is 2.69 bits per heavy atom. The van der Waals surface area contributed by atoms with E-state index >= 15 is 0 Å². The van der Waals surface area contributed by atoms with E-state index in [4.69, 9.17) is 9.72 Å². The van der Waals surface area contributed by atoms with Crippen LogP contribution in [0.15, 0.2) is 54.9 Å². The van der Waals surface area contributed by atoms with Crippen LogP contribution in [0.25, 0.3) is 11.3 Å². The zero-order valence-electron chi connectivity index (χ0n) is 16.6. The molecule has 1 unspecified atom stereocenters. The van der Waals surface area contributed by atoms with Gasteiger partial charge in [-0.05, 0) is 24.3 Å². The number of halogens is 1. The van der Waals surface area contributed by atoms with Crippen LogP contribution in [-0.2, 0) is 11.3 Å². The van der Waals surface area contributed by atoms with E-state index in [2.05, 4.69) is 14.9 Å². The number of rotatable bonds is 5. The molecule has 2 aromatic heterocycles. The van der Waals surface area contributed by atoms with Gasteiger partial charge in [-0.25, -0.2) is 14.4 Å². The molecule has 3 heterocycles. The molecular formula is C22H24FN5O. The largest absolute Gasteiger partial charge is 0.369 e. The van der Waals surface area contributed by atoms with E-state index in [1.165, 1.54) is 12.1 Å². The third kappa shape index (κ3) is 4.75. The predicted octanol–water partition coefficient (Wildman–Crippen LogP) is 3.32. The highest BCUT2D eigenvalue weighted by atomic mass is 19.1. The Balaban J connectivity index is 1.46. The molecule has 0 bridgehead atoms. The first-order valence-electron chi connectivity index (χ1n) is 9.63. The summed E-state index contributed by atoms with van der Waals surface area (Å²) in [5, 5.41) is 0. The van der Waals surface area contributed by atoms with Crippen LogP contribution in [0.4, 0.5) is 10.3 Å². The summed E-state index contributed by atoms with van der Waals surface area (Å²) in [7, 11) is 3.85. The van der Waals surface area contributed by atoms with Crippen molar-refractivity contribution < 1.29 is 9.13 Å². The fourth-order valence-electron chi connectivity index (χ4n) is 3.38. The Morgan fingerprint density at radius 1 is 1.14 bits per heavy atom. The Bertz CT molecular complexity index is 963. The molecule has 0 N–H and O–H groups in total. The maximum Gasteiger partial charge on any atom is 0.224 e.